The van der Waals surface area contributed by atoms with Gasteiger partial charge in [0.2, 0.25) is 0 Å². The van der Waals surface area contributed by atoms with Crippen molar-refractivity contribution in [1.82, 2.24) is 5.32 Å². The van der Waals surface area contributed by atoms with Gasteiger partial charge in [0.25, 0.3) is 0 Å². The maximum atomic E-state index is 5.65. The van der Waals surface area contributed by atoms with Crippen molar-refractivity contribution in [2.45, 2.75) is 56.9 Å². The molecule has 17 heavy (non-hydrogen) atoms. The quantitative estimate of drug-likeness (QED) is 0.802. The van der Waals surface area contributed by atoms with Crippen LogP contribution in [-0.2, 0) is 0 Å². The normalized spacial score (nSPS) is 30.1. The molecule has 1 aromatic rings. The van der Waals surface area contributed by atoms with Gasteiger partial charge in [0, 0.05) is 12.0 Å². The highest BCUT2D eigenvalue weighted by molar-refractivity contribution is 5.08. The van der Waals surface area contributed by atoms with Crippen LogP contribution < -0.4 is 5.32 Å². The Morgan fingerprint density at radius 1 is 1.12 bits per heavy atom. The Morgan fingerprint density at radius 2 is 2.00 bits per heavy atom. The first-order valence-electron chi connectivity index (χ1n) is 7.20. The number of hydrogen-bond acceptors (Lipinski definition) is 2. The first-order valence-corrected chi connectivity index (χ1v) is 7.20. The summed E-state index contributed by atoms with van der Waals surface area (Å²) in [6.45, 7) is 1.19. The Labute approximate surface area is 104 Å². The van der Waals surface area contributed by atoms with Crippen molar-refractivity contribution in [1.29, 1.82) is 0 Å². The molecule has 1 aromatic heterocycles. The van der Waals surface area contributed by atoms with Gasteiger partial charge in [-0.25, -0.2) is 0 Å². The van der Waals surface area contributed by atoms with Crippen molar-refractivity contribution < 1.29 is 4.42 Å². The van der Waals surface area contributed by atoms with E-state index in [1.807, 2.05) is 12.3 Å². The summed E-state index contributed by atoms with van der Waals surface area (Å²) < 4.78 is 5.65. The highest BCUT2D eigenvalue weighted by Crippen LogP contribution is 2.36. The minimum atomic E-state index is 0.652. The third-order valence-electron chi connectivity index (χ3n) is 4.31. The lowest BCUT2D eigenvalue weighted by atomic mass is 9.86. The molecule has 1 N–H and O–H groups in total. The molecular weight excluding hydrogens is 210 g/mol. The molecule has 2 atom stereocenters. The van der Waals surface area contributed by atoms with E-state index in [4.69, 9.17) is 4.42 Å². The van der Waals surface area contributed by atoms with Crippen LogP contribution in [0.2, 0.25) is 0 Å². The van der Waals surface area contributed by atoms with Crippen LogP contribution in [0.3, 0.4) is 0 Å². The van der Waals surface area contributed by atoms with Crippen molar-refractivity contribution in [2.75, 3.05) is 6.54 Å². The minimum Gasteiger partial charge on any atom is -0.469 e. The molecule has 0 amide bonds. The molecule has 2 nitrogen and oxygen atoms in total. The molecule has 0 aromatic carbocycles. The topological polar surface area (TPSA) is 25.2 Å². The fourth-order valence-electron chi connectivity index (χ4n) is 3.11. The zero-order chi connectivity index (χ0) is 11.5. The Balaban J connectivity index is 1.66. The SMILES string of the molecule is c1coc(C2CCCCCC2CNC2CC2)c1. The second-order valence-corrected chi connectivity index (χ2v) is 5.70. The van der Waals surface area contributed by atoms with Gasteiger partial charge in [0.15, 0.2) is 0 Å². The highest BCUT2D eigenvalue weighted by atomic mass is 16.3. The summed E-state index contributed by atoms with van der Waals surface area (Å²) in [7, 11) is 0. The van der Waals surface area contributed by atoms with Crippen molar-refractivity contribution >= 4 is 0 Å². The summed E-state index contributed by atoms with van der Waals surface area (Å²) in [6, 6.07) is 5.03. The molecule has 0 bridgehead atoms. The molecule has 94 valence electrons. The van der Waals surface area contributed by atoms with Crippen LogP contribution in [-0.4, -0.2) is 12.6 Å². The molecule has 2 aliphatic rings. The first kappa shape index (κ1) is 11.3. The fraction of sp³-hybridized carbons (Fsp3) is 0.733. The van der Waals surface area contributed by atoms with Gasteiger partial charge in [-0.05, 0) is 50.3 Å². The Kier molecular flexibility index (Phi) is 3.51. The Hall–Kier alpha value is -0.760. The standard InChI is InChI=1S/C15H23NO/c1-2-5-12(11-16-13-8-9-13)14(6-3-1)15-7-4-10-17-15/h4,7,10,12-14,16H,1-3,5-6,8-9,11H2. The van der Waals surface area contributed by atoms with Crippen molar-refractivity contribution in [3.8, 4) is 0 Å². The number of nitrogens with one attached hydrogen (secondary N) is 1. The van der Waals surface area contributed by atoms with Gasteiger partial charge in [-0.2, -0.15) is 0 Å². The zero-order valence-electron chi connectivity index (χ0n) is 10.5. The van der Waals surface area contributed by atoms with E-state index in [1.165, 1.54) is 57.3 Å². The van der Waals surface area contributed by atoms with E-state index in [2.05, 4.69) is 11.4 Å². The van der Waals surface area contributed by atoms with Crippen LogP contribution in [0, 0.1) is 5.92 Å². The molecule has 0 radical (unpaired) electrons. The average Bonchev–Trinajstić information content (AvgIpc) is 3.08. The number of furan rings is 1. The second kappa shape index (κ2) is 5.26. The predicted octanol–water partition coefficient (Wildman–Crippen LogP) is 3.70. The zero-order valence-corrected chi connectivity index (χ0v) is 10.5. The summed E-state index contributed by atoms with van der Waals surface area (Å²) in [5, 5.41) is 3.70. The first-order chi connectivity index (χ1) is 8.43. The van der Waals surface area contributed by atoms with Gasteiger partial charge < -0.3 is 9.73 Å². The predicted molar refractivity (Wildman–Crippen MR) is 69.0 cm³/mol. The van der Waals surface area contributed by atoms with Crippen LogP contribution in [0.1, 0.15) is 56.6 Å². The van der Waals surface area contributed by atoms with Crippen LogP contribution in [0.5, 0.6) is 0 Å². The Morgan fingerprint density at radius 3 is 2.76 bits per heavy atom. The number of hydrogen-bond donors (Lipinski definition) is 1. The average molecular weight is 233 g/mol. The molecule has 2 saturated carbocycles. The van der Waals surface area contributed by atoms with Gasteiger partial charge in [-0.1, -0.05) is 19.3 Å². The highest BCUT2D eigenvalue weighted by Gasteiger charge is 2.29. The summed E-state index contributed by atoms with van der Waals surface area (Å²) in [4.78, 5) is 0. The van der Waals surface area contributed by atoms with E-state index in [0.717, 1.165) is 12.0 Å². The van der Waals surface area contributed by atoms with E-state index in [9.17, 15) is 0 Å². The maximum absolute atomic E-state index is 5.65. The smallest absolute Gasteiger partial charge is 0.107 e. The van der Waals surface area contributed by atoms with Crippen molar-refractivity contribution in [3.63, 3.8) is 0 Å². The second-order valence-electron chi connectivity index (χ2n) is 5.70. The molecule has 2 fully saturated rings. The molecule has 0 spiro atoms. The molecule has 1 heterocycles. The molecule has 2 unspecified atom stereocenters. The van der Waals surface area contributed by atoms with Gasteiger partial charge >= 0.3 is 0 Å². The summed E-state index contributed by atoms with van der Waals surface area (Å²) in [5.41, 5.74) is 0. The van der Waals surface area contributed by atoms with E-state index in [-0.39, 0.29) is 0 Å². The number of rotatable bonds is 4. The van der Waals surface area contributed by atoms with Crippen LogP contribution >= 0.6 is 0 Å². The molecule has 2 aliphatic carbocycles. The van der Waals surface area contributed by atoms with Gasteiger partial charge in [-0.3, -0.25) is 0 Å². The van der Waals surface area contributed by atoms with E-state index >= 15 is 0 Å². The van der Waals surface area contributed by atoms with E-state index in [1.54, 1.807) is 0 Å². The van der Waals surface area contributed by atoms with Crippen LogP contribution in [0.15, 0.2) is 22.8 Å². The summed E-state index contributed by atoms with van der Waals surface area (Å²) in [6.07, 6.45) is 11.4. The molecule has 2 heteroatoms. The molecular formula is C15H23NO. The van der Waals surface area contributed by atoms with Crippen molar-refractivity contribution in [2.24, 2.45) is 5.92 Å². The van der Waals surface area contributed by atoms with Gasteiger partial charge in [0.05, 0.1) is 6.26 Å². The molecule has 3 rings (SSSR count). The van der Waals surface area contributed by atoms with Crippen LogP contribution in [0.25, 0.3) is 0 Å². The lowest BCUT2D eigenvalue weighted by Gasteiger charge is -2.23. The van der Waals surface area contributed by atoms with E-state index in [0.29, 0.717) is 5.92 Å². The van der Waals surface area contributed by atoms with Crippen LogP contribution in [0.4, 0.5) is 0 Å². The largest absolute Gasteiger partial charge is 0.469 e. The summed E-state index contributed by atoms with van der Waals surface area (Å²) in [5.74, 6) is 2.65. The minimum absolute atomic E-state index is 0.652. The third-order valence-corrected chi connectivity index (χ3v) is 4.31. The lowest BCUT2D eigenvalue weighted by molar-refractivity contribution is 0.327. The Bertz CT molecular complexity index is 329. The fourth-order valence-corrected chi connectivity index (χ4v) is 3.11. The van der Waals surface area contributed by atoms with E-state index < -0.39 is 0 Å². The van der Waals surface area contributed by atoms with Gasteiger partial charge in [-0.15, -0.1) is 0 Å². The maximum Gasteiger partial charge on any atom is 0.107 e. The van der Waals surface area contributed by atoms with Crippen molar-refractivity contribution in [3.05, 3.63) is 24.2 Å². The summed E-state index contributed by atoms with van der Waals surface area (Å²) >= 11 is 0. The third kappa shape index (κ3) is 2.92. The lowest BCUT2D eigenvalue weighted by Crippen LogP contribution is -2.28. The van der Waals surface area contributed by atoms with Gasteiger partial charge in [0.1, 0.15) is 5.76 Å². The molecule has 0 aliphatic heterocycles. The molecule has 0 saturated heterocycles. The monoisotopic (exact) mass is 233 g/mol.